The van der Waals surface area contributed by atoms with Gasteiger partial charge in [0.05, 0.1) is 12.2 Å². The van der Waals surface area contributed by atoms with E-state index >= 15 is 0 Å². The Hall–Kier alpha value is -0.730. The van der Waals surface area contributed by atoms with Gasteiger partial charge in [-0.2, -0.15) is 0 Å². The highest BCUT2D eigenvalue weighted by atomic mass is 16.6. The summed E-state index contributed by atoms with van der Waals surface area (Å²) in [6, 6.07) is 0. The van der Waals surface area contributed by atoms with Crippen LogP contribution in [-0.4, -0.2) is 18.8 Å². The molecular formula is C10H17N3O. The van der Waals surface area contributed by atoms with Crippen LogP contribution in [0.25, 0.3) is 10.4 Å². The fourth-order valence-electron chi connectivity index (χ4n) is 2.55. The lowest BCUT2D eigenvalue weighted by atomic mass is 9.79. The fourth-order valence-corrected chi connectivity index (χ4v) is 2.55. The Balaban J connectivity index is 1.67. The number of nitrogens with zero attached hydrogens (tertiary/aromatic N) is 3. The van der Waals surface area contributed by atoms with Crippen LogP contribution in [0.2, 0.25) is 0 Å². The van der Waals surface area contributed by atoms with E-state index in [0.29, 0.717) is 12.1 Å². The van der Waals surface area contributed by atoms with Gasteiger partial charge in [0.15, 0.2) is 0 Å². The smallest absolute Gasteiger partial charge is 0.0919 e. The maximum Gasteiger partial charge on any atom is 0.0919 e. The summed E-state index contributed by atoms with van der Waals surface area (Å²) in [4.78, 5) is 2.76. The molecule has 1 heterocycles. The van der Waals surface area contributed by atoms with Gasteiger partial charge in [-0.05, 0) is 30.7 Å². The highest BCUT2D eigenvalue weighted by Crippen LogP contribution is 2.45. The van der Waals surface area contributed by atoms with Crippen molar-refractivity contribution >= 4 is 0 Å². The van der Waals surface area contributed by atoms with Crippen LogP contribution in [0.5, 0.6) is 0 Å². The van der Waals surface area contributed by atoms with E-state index in [1.165, 1.54) is 32.1 Å². The van der Waals surface area contributed by atoms with E-state index in [1.54, 1.807) is 0 Å². The molecule has 0 aromatic carbocycles. The van der Waals surface area contributed by atoms with Gasteiger partial charge in [-0.25, -0.2) is 0 Å². The maximum atomic E-state index is 8.13. The van der Waals surface area contributed by atoms with E-state index in [4.69, 9.17) is 10.3 Å². The van der Waals surface area contributed by atoms with Crippen LogP contribution < -0.4 is 0 Å². The number of hydrogen-bond acceptors (Lipinski definition) is 2. The van der Waals surface area contributed by atoms with Gasteiger partial charge in [-0.3, -0.25) is 0 Å². The van der Waals surface area contributed by atoms with Crippen molar-refractivity contribution in [2.75, 3.05) is 13.2 Å². The molecule has 1 saturated carbocycles. The Bertz CT molecular complexity index is 244. The third kappa shape index (κ3) is 2.40. The number of azide groups is 1. The minimum atomic E-state index is 0.293. The standard InChI is InChI=1S/C10H17N3O/c11-13-12-6-2-4-9-3-1-5-10(7-9)8-14-10/h9H,1-8H2. The third-order valence-electron chi connectivity index (χ3n) is 3.39. The van der Waals surface area contributed by atoms with E-state index in [1.807, 2.05) is 0 Å². The van der Waals surface area contributed by atoms with Crippen molar-refractivity contribution in [3.05, 3.63) is 10.4 Å². The molecule has 14 heavy (non-hydrogen) atoms. The zero-order valence-electron chi connectivity index (χ0n) is 8.48. The zero-order valence-corrected chi connectivity index (χ0v) is 8.48. The Morgan fingerprint density at radius 2 is 2.43 bits per heavy atom. The molecule has 4 nitrogen and oxygen atoms in total. The van der Waals surface area contributed by atoms with Gasteiger partial charge in [0.25, 0.3) is 0 Å². The van der Waals surface area contributed by atoms with Crippen LogP contribution in [0.4, 0.5) is 0 Å². The summed E-state index contributed by atoms with van der Waals surface area (Å²) in [7, 11) is 0. The fraction of sp³-hybridized carbons (Fsp3) is 1.00. The van der Waals surface area contributed by atoms with Crippen LogP contribution in [0.15, 0.2) is 5.11 Å². The van der Waals surface area contributed by atoms with Gasteiger partial charge in [0.1, 0.15) is 0 Å². The van der Waals surface area contributed by atoms with Crippen LogP contribution in [0.3, 0.4) is 0 Å². The molecule has 2 aliphatic rings. The molecule has 1 aliphatic carbocycles. The summed E-state index contributed by atoms with van der Waals surface area (Å²) in [6.45, 7) is 1.64. The Morgan fingerprint density at radius 1 is 1.57 bits per heavy atom. The van der Waals surface area contributed by atoms with Crippen LogP contribution >= 0.6 is 0 Å². The number of epoxide rings is 1. The van der Waals surface area contributed by atoms with Crippen molar-refractivity contribution in [1.29, 1.82) is 0 Å². The van der Waals surface area contributed by atoms with E-state index in [0.717, 1.165) is 18.9 Å². The summed E-state index contributed by atoms with van der Waals surface area (Å²) < 4.78 is 5.51. The van der Waals surface area contributed by atoms with Crippen molar-refractivity contribution in [2.45, 2.75) is 44.1 Å². The minimum absolute atomic E-state index is 0.293. The van der Waals surface area contributed by atoms with Gasteiger partial charge in [0.2, 0.25) is 0 Å². The molecule has 4 heteroatoms. The second-order valence-electron chi connectivity index (χ2n) is 4.53. The van der Waals surface area contributed by atoms with Gasteiger partial charge < -0.3 is 4.74 Å². The maximum absolute atomic E-state index is 8.13. The summed E-state index contributed by atoms with van der Waals surface area (Å²) in [5.74, 6) is 0.806. The quantitative estimate of drug-likeness (QED) is 0.223. The van der Waals surface area contributed by atoms with Crippen LogP contribution in [-0.2, 0) is 4.74 Å². The van der Waals surface area contributed by atoms with Crippen molar-refractivity contribution in [1.82, 2.24) is 0 Å². The van der Waals surface area contributed by atoms with E-state index < -0.39 is 0 Å². The lowest BCUT2D eigenvalue weighted by Crippen LogP contribution is -2.22. The lowest BCUT2D eigenvalue weighted by molar-refractivity contribution is 0.183. The molecule has 0 aromatic heterocycles. The molecule has 1 saturated heterocycles. The minimum Gasteiger partial charge on any atom is -0.370 e. The molecule has 0 aromatic rings. The van der Waals surface area contributed by atoms with Crippen LogP contribution in [0, 0.1) is 5.92 Å². The molecule has 2 unspecified atom stereocenters. The average Bonchev–Trinajstić information content (AvgIpc) is 2.93. The summed E-state index contributed by atoms with van der Waals surface area (Å²) in [5.41, 5.74) is 8.43. The molecule has 1 aliphatic heterocycles. The van der Waals surface area contributed by atoms with Gasteiger partial charge >= 0.3 is 0 Å². The van der Waals surface area contributed by atoms with Crippen molar-refractivity contribution in [3.63, 3.8) is 0 Å². The summed E-state index contributed by atoms with van der Waals surface area (Å²) in [6.07, 6.45) is 7.38. The molecule has 0 amide bonds. The van der Waals surface area contributed by atoms with Crippen molar-refractivity contribution in [2.24, 2.45) is 11.0 Å². The predicted molar refractivity (Wildman–Crippen MR) is 53.9 cm³/mol. The molecule has 2 atom stereocenters. The van der Waals surface area contributed by atoms with E-state index in [2.05, 4.69) is 10.0 Å². The van der Waals surface area contributed by atoms with Crippen molar-refractivity contribution in [3.8, 4) is 0 Å². The first-order valence-corrected chi connectivity index (χ1v) is 5.49. The lowest BCUT2D eigenvalue weighted by Gasteiger charge is -2.26. The molecule has 2 fully saturated rings. The average molecular weight is 195 g/mol. The molecule has 78 valence electrons. The summed E-state index contributed by atoms with van der Waals surface area (Å²) >= 11 is 0. The molecular weight excluding hydrogens is 178 g/mol. The molecule has 2 rings (SSSR count). The normalized spacial score (nSPS) is 35.3. The number of rotatable bonds is 4. The van der Waals surface area contributed by atoms with Gasteiger partial charge in [0, 0.05) is 11.5 Å². The van der Waals surface area contributed by atoms with Crippen LogP contribution in [0.1, 0.15) is 38.5 Å². The van der Waals surface area contributed by atoms with E-state index in [9.17, 15) is 0 Å². The second kappa shape index (κ2) is 4.20. The highest BCUT2D eigenvalue weighted by Gasteiger charge is 2.47. The monoisotopic (exact) mass is 195 g/mol. The second-order valence-corrected chi connectivity index (χ2v) is 4.53. The highest BCUT2D eigenvalue weighted by molar-refractivity contribution is 4.96. The van der Waals surface area contributed by atoms with Gasteiger partial charge in [-0.1, -0.05) is 24.4 Å². The Labute approximate surface area is 84.3 Å². The van der Waals surface area contributed by atoms with Crippen molar-refractivity contribution < 1.29 is 4.74 Å². The summed E-state index contributed by atoms with van der Waals surface area (Å²) in [5, 5.41) is 3.56. The largest absolute Gasteiger partial charge is 0.370 e. The zero-order chi connectivity index (χ0) is 9.86. The SMILES string of the molecule is [N-]=[N+]=NCCCC1CCCC2(CO2)C1. The molecule has 0 bridgehead atoms. The van der Waals surface area contributed by atoms with E-state index in [-0.39, 0.29) is 0 Å². The first kappa shape index (κ1) is 9.81. The first-order chi connectivity index (χ1) is 6.85. The Morgan fingerprint density at radius 3 is 3.14 bits per heavy atom. The topological polar surface area (TPSA) is 61.3 Å². The van der Waals surface area contributed by atoms with Gasteiger partial charge in [-0.15, -0.1) is 0 Å². The molecule has 0 N–H and O–H groups in total. The number of ether oxygens (including phenoxy) is 1. The molecule has 0 radical (unpaired) electrons. The predicted octanol–water partition coefficient (Wildman–Crippen LogP) is 3.04. The molecule has 1 spiro atoms. The first-order valence-electron chi connectivity index (χ1n) is 5.49. The third-order valence-corrected chi connectivity index (χ3v) is 3.39. The Kier molecular flexibility index (Phi) is 2.94. The number of hydrogen-bond donors (Lipinski definition) is 0.